The van der Waals surface area contributed by atoms with Gasteiger partial charge in [-0.15, -0.1) is 0 Å². The lowest BCUT2D eigenvalue weighted by Crippen LogP contribution is -1.87. The fourth-order valence-corrected chi connectivity index (χ4v) is 2.24. The van der Waals surface area contributed by atoms with Crippen molar-refractivity contribution < 1.29 is 4.89 Å². The molecule has 0 aliphatic carbocycles. The summed E-state index contributed by atoms with van der Waals surface area (Å²) >= 11 is 0. The second-order valence-electron chi connectivity index (χ2n) is 2.66. The van der Waals surface area contributed by atoms with Gasteiger partial charge in [0.25, 0.3) is 0 Å². The number of hydrogen-bond donors (Lipinski definition) is 1. The Morgan fingerprint density at radius 2 is 1.70 bits per heavy atom. The molecule has 2 heteroatoms. The summed E-state index contributed by atoms with van der Waals surface area (Å²) in [6.45, 7) is 4.32. The molecule has 0 aliphatic heterocycles. The fraction of sp³-hybridized carbons (Fsp3) is 1.00. The van der Waals surface area contributed by atoms with Crippen LogP contribution in [0.2, 0.25) is 0 Å². The molecule has 0 spiro atoms. The quantitative estimate of drug-likeness (QED) is 0.470. The molecule has 0 bridgehead atoms. The van der Waals surface area contributed by atoms with Crippen LogP contribution in [0.4, 0.5) is 0 Å². The van der Waals surface area contributed by atoms with E-state index in [1.54, 1.807) is 0 Å². The highest BCUT2D eigenvalue weighted by Crippen LogP contribution is 2.31. The van der Waals surface area contributed by atoms with Gasteiger partial charge in [0.1, 0.15) is 0 Å². The van der Waals surface area contributed by atoms with Crippen LogP contribution in [0, 0.1) is 0 Å². The van der Waals surface area contributed by atoms with E-state index in [0.717, 1.165) is 18.7 Å². The van der Waals surface area contributed by atoms with Gasteiger partial charge in [-0.3, -0.25) is 0 Å². The van der Waals surface area contributed by atoms with Crippen LogP contribution in [-0.2, 0) is 0 Å². The van der Waals surface area contributed by atoms with Crippen molar-refractivity contribution in [1.82, 2.24) is 0 Å². The molecule has 0 aromatic heterocycles. The molecule has 0 aromatic rings. The standard InChI is InChI=1S/C8H19OP/c1-3-5-6-8-10(9)7-4-2/h9H,3-8H2,1-2H3. The zero-order valence-electron chi connectivity index (χ0n) is 7.14. The van der Waals surface area contributed by atoms with Gasteiger partial charge in [-0.05, 0) is 18.7 Å². The van der Waals surface area contributed by atoms with Crippen LogP contribution in [-0.4, -0.2) is 17.2 Å². The van der Waals surface area contributed by atoms with E-state index in [0.29, 0.717) is 0 Å². The molecule has 0 heterocycles. The lowest BCUT2D eigenvalue weighted by molar-refractivity contribution is 0.613. The lowest BCUT2D eigenvalue weighted by Gasteiger charge is -2.06. The normalized spacial score (nSPS) is 13.5. The zero-order chi connectivity index (χ0) is 7.82. The van der Waals surface area contributed by atoms with E-state index in [4.69, 9.17) is 0 Å². The molecular weight excluding hydrogens is 143 g/mol. The third-order valence-electron chi connectivity index (χ3n) is 1.50. The largest absolute Gasteiger partial charge is 0.374 e. The van der Waals surface area contributed by atoms with Gasteiger partial charge in [-0.2, -0.15) is 0 Å². The lowest BCUT2D eigenvalue weighted by atomic mass is 10.3. The summed E-state index contributed by atoms with van der Waals surface area (Å²) in [5.74, 6) is 0. The first-order valence-electron chi connectivity index (χ1n) is 4.25. The Bertz CT molecular complexity index is 66.3. The van der Waals surface area contributed by atoms with Crippen LogP contribution in [0.5, 0.6) is 0 Å². The molecule has 0 aromatic carbocycles. The molecule has 1 N–H and O–H groups in total. The number of unbranched alkanes of at least 4 members (excludes halogenated alkanes) is 2. The van der Waals surface area contributed by atoms with Crippen LogP contribution in [0.25, 0.3) is 0 Å². The summed E-state index contributed by atoms with van der Waals surface area (Å²) in [6, 6.07) is 0. The first-order valence-corrected chi connectivity index (χ1v) is 5.91. The maximum Gasteiger partial charge on any atom is 0.0251 e. The van der Waals surface area contributed by atoms with Gasteiger partial charge in [0, 0.05) is 8.15 Å². The molecule has 1 atom stereocenters. The van der Waals surface area contributed by atoms with Gasteiger partial charge in [0.15, 0.2) is 0 Å². The van der Waals surface area contributed by atoms with E-state index in [2.05, 4.69) is 13.8 Å². The molecular formula is C8H19OP. The van der Waals surface area contributed by atoms with Crippen LogP contribution in [0.15, 0.2) is 0 Å². The number of hydrogen-bond acceptors (Lipinski definition) is 1. The van der Waals surface area contributed by atoms with E-state index < -0.39 is 8.15 Å². The van der Waals surface area contributed by atoms with Gasteiger partial charge in [-0.25, -0.2) is 0 Å². The highest BCUT2D eigenvalue weighted by atomic mass is 31.1. The second-order valence-corrected chi connectivity index (χ2v) is 4.57. The van der Waals surface area contributed by atoms with Crippen molar-refractivity contribution in [2.45, 2.75) is 39.5 Å². The van der Waals surface area contributed by atoms with E-state index in [9.17, 15) is 4.89 Å². The summed E-state index contributed by atoms with van der Waals surface area (Å²) in [4.78, 5) is 9.34. The summed E-state index contributed by atoms with van der Waals surface area (Å²) in [7, 11) is -0.592. The highest BCUT2D eigenvalue weighted by molar-refractivity contribution is 7.51. The SMILES string of the molecule is CCCCCP(O)CCC. The summed E-state index contributed by atoms with van der Waals surface area (Å²) in [5.41, 5.74) is 0. The van der Waals surface area contributed by atoms with Crippen molar-refractivity contribution in [3.8, 4) is 0 Å². The van der Waals surface area contributed by atoms with E-state index >= 15 is 0 Å². The molecule has 0 aliphatic rings. The molecule has 0 amide bonds. The van der Waals surface area contributed by atoms with E-state index in [-0.39, 0.29) is 0 Å². The topological polar surface area (TPSA) is 20.2 Å². The molecule has 1 nitrogen and oxygen atoms in total. The number of rotatable bonds is 6. The Morgan fingerprint density at radius 1 is 1.00 bits per heavy atom. The second kappa shape index (κ2) is 7.50. The average Bonchev–Trinajstić information content (AvgIpc) is 1.89. The third-order valence-corrected chi connectivity index (χ3v) is 3.30. The Balaban J connectivity index is 2.97. The van der Waals surface area contributed by atoms with Crippen LogP contribution < -0.4 is 0 Å². The minimum Gasteiger partial charge on any atom is -0.374 e. The van der Waals surface area contributed by atoms with Crippen molar-refractivity contribution in [2.24, 2.45) is 0 Å². The van der Waals surface area contributed by atoms with Crippen molar-refractivity contribution in [3.63, 3.8) is 0 Å². The van der Waals surface area contributed by atoms with Gasteiger partial charge < -0.3 is 4.89 Å². The predicted octanol–water partition coefficient (Wildman–Crippen LogP) is 2.98. The summed E-state index contributed by atoms with van der Waals surface area (Å²) in [6.07, 6.45) is 7.00. The minimum absolute atomic E-state index is 0.592. The molecule has 62 valence electrons. The Morgan fingerprint density at radius 3 is 2.20 bits per heavy atom. The highest BCUT2D eigenvalue weighted by Gasteiger charge is 2.00. The molecule has 10 heavy (non-hydrogen) atoms. The zero-order valence-corrected chi connectivity index (χ0v) is 8.03. The summed E-state index contributed by atoms with van der Waals surface area (Å²) < 4.78 is 0. The van der Waals surface area contributed by atoms with Crippen molar-refractivity contribution >= 4 is 8.15 Å². The third kappa shape index (κ3) is 6.51. The predicted molar refractivity (Wildman–Crippen MR) is 48.7 cm³/mol. The van der Waals surface area contributed by atoms with Gasteiger partial charge in [0.2, 0.25) is 0 Å². The monoisotopic (exact) mass is 162 g/mol. The minimum atomic E-state index is -0.592. The molecule has 0 saturated carbocycles. The van der Waals surface area contributed by atoms with Gasteiger partial charge >= 0.3 is 0 Å². The first kappa shape index (κ1) is 10.4. The molecule has 0 rings (SSSR count). The van der Waals surface area contributed by atoms with Crippen molar-refractivity contribution in [3.05, 3.63) is 0 Å². The Labute approximate surface area is 65.7 Å². The molecule has 0 saturated heterocycles. The molecule has 1 unspecified atom stereocenters. The van der Waals surface area contributed by atoms with Crippen molar-refractivity contribution in [1.29, 1.82) is 0 Å². The van der Waals surface area contributed by atoms with Gasteiger partial charge in [0.05, 0.1) is 0 Å². The average molecular weight is 162 g/mol. The first-order chi connectivity index (χ1) is 4.81. The molecule has 0 radical (unpaired) electrons. The van der Waals surface area contributed by atoms with Gasteiger partial charge in [-0.1, -0.05) is 33.1 Å². The smallest absolute Gasteiger partial charge is 0.0251 e. The Kier molecular flexibility index (Phi) is 7.79. The maximum absolute atomic E-state index is 9.34. The fourth-order valence-electron chi connectivity index (χ4n) is 0.914. The maximum atomic E-state index is 9.34. The van der Waals surface area contributed by atoms with E-state index in [1.807, 2.05) is 0 Å². The molecule has 0 fully saturated rings. The van der Waals surface area contributed by atoms with E-state index in [1.165, 1.54) is 19.3 Å². The van der Waals surface area contributed by atoms with Crippen LogP contribution in [0.3, 0.4) is 0 Å². The van der Waals surface area contributed by atoms with Crippen molar-refractivity contribution in [2.75, 3.05) is 12.3 Å². The van der Waals surface area contributed by atoms with Crippen LogP contribution in [0.1, 0.15) is 39.5 Å². The van der Waals surface area contributed by atoms with Crippen LogP contribution >= 0.6 is 8.15 Å². The Hall–Kier alpha value is 0.390. The summed E-state index contributed by atoms with van der Waals surface area (Å²) in [5, 5.41) is 0.